The number of nitrogens with zero attached hydrogens (tertiary/aromatic N) is 1. The highest BCUT2D eigenvalue weighted by Crippen LogP contribution is 2.16. The van der Waals surface area contributed by atoms with E-state index < -0.39 is 24.0 Å². The van der Waals surface area contributed by atoms with E-state index in [0.717, 1.165) is 0 Å². The molecule has 0 aliphatic rings. The molecule has 2 atom stereocenters. The topological polar surface area (TPSA) is 88.4 Å². The average molecular weight is 343 g/mol. The highest BCUT2D eigenvalue weighted by atomic mass is 35.5. The third kappa shape index (κ3) is 5.71. The van der Waals surface area contributed by atoms with Crippen LogP contribution in [0, 0.1) is 5.92 Å². The number of carboxylic acid groups (broad SMARTS) is 1. The third-order valence-corrected chi connectivity index (χ3v) is 3.65. The van der Waals surface area contributed by atoms with Crippen LogP contribution in [0.4, 0.5) is 0 Å². The molecule has 7 heteroatoms. The maximum absolute atomic E-state index is 12.5. The molecule has 0 aromatic carbocycles. The van der Waals surface area contributed by atoms with Gasteiger partial charge in [0.1, 0.15) is 12.1 Å². The highest BCUT2D eigenvalue weighted by molar-refractivity contribution is 6.30. The molecule has 2 N–H and O–H groups in total. The van der Waals surface area contributed by atoms with Crippen LogP contribution in [0.3, 0.4) is 0 Å². The summed E-state index contributed by atoms with van der Waals surface area (Å²) >= 11 is 5.91. The smallest absolute Gasteiger partial charge is 0.326 e. The molecule has 1 rings (SSSR count). The molecule has 1 heterocycles. The van der Waals surface area contributed by atoms with Crippen LogP contribution in [0.2, 0.25) is 5.02 Å². The van der Waals surface area contributed by atoms with Crippen molar-refractivity contribution in [3.8, 4) is 0 Å². The van der Waals surface area contributed by atoms with E-state index in [1.54, 1.807) is 0 Å². The Bertz CT molecular complexity index is 612. The quantitative estimate of drug-likeness (QED) is 0.759. The molecule has 0 spiro atoms. The fourth-order valence-corrected chi connectivity index (χ4v) is 2.52. The van der Waals surface area contributed by atoms with Gasteiger partial charge >= 0.3 is 5.97 Å². The Morgan fingerprint density at radius 1 is 1.35 bits per heavy atom. The molecule has 0 aliphatic carbocycles. The van der Waals surface area contributed by atoms with Gasteiger partial charge in [-0.3, -0.25) is 9.59 Å². The Morgan fingerprint density at radius 3 is 2.52 bits per heavy atom. The van der Waals surface area contributed by atoms with Crippen LogP contribution in [0.15, 0.2) is 23.1 Å². The molecular weight excluding hydrogens is 320 g/mol. The van der Waals surface area contributed by atoms with E-state index in [0.29, 0.717) is 24.3 Å². The molecule has 6 nitrogen and oxygen atoms in total. The van der Waals surface area contributed by atoms with Gasteiger partial charge in [-0.2, -0.15) is 0 Å². The number of aromatic nitrogens is 1. The van der Waals surface area contributed by atoms with Crippen LogP contribution in [-0.2, 0) is 9.59 Å². The Morgan fingerprint density at radius 2 is 2.00 bits per heavy atom. The predicted molar refractivity (Wildman–Crippen MR) is 88.7 cm³/mol. The van der Waals surface area contributed by atoms with Gasteiger partial charge in [0, 0.05) is 12.3 Å². The van der Waals surface area contributed by atoms with Gasteiger partial charge in [-0.25, -0.2) is 4.79 Å². The number of carbonyl (C=O) groups is 2. The number of carboxylic acids is 1. The standard InChI is InChI=1S/C16H23ClN2O4/c1-4-5-13(19-9-11(17)6-7-14(19)20)15(21)18-12(16(22)23)8-10(2)3/h6-7,9-10,12-13H,4-5,8H2,1-3H3,(H,18,21)(H,22,23). The molecule has 2 unspecified atom stereocenters. The summed E-state index contributed by atoms with van der Waals surface area (Å²) < 4.78 is 1.26. The molecule has 23 heavy (non-hydrogen) atoms. The molecule has 128 valence electrons. The summed E-state index contributed by atoms with van der Waals surface area (Å²) in [5.74, 6) is -1.44. The van der Waals surface area contributed by atoms with Crippen molar-refractivity contribution in [2.24, 2.45) is 5.92 Å². The Hall–Kier alpha value is -1.82. The molecule has 1 aromatic heterocycles. The van der Waals surface area contributed by atoms with Crippen LogP contribution in [0.25, 0.3) is 0 Å². The van der Waals surface area contributed by atoms with Crippen LogP contribution >= 0.6 is 11.6 Å². The summed E-state index contributed by atoms with van der Waals surface area (Å²) in [5.41, 5.74) is -0.348. The van der Waals surface area contributed by atoms with Crippen LogP contribution in [0.5, 0.6) is 0 Å². The minimum atomic E-state index is -1.08. The van der Waals surface area contributed by atoms with Crippen LogP contribution < -0.4 is 10.9 Å². The maximum atomic E-state index is 12.5. The number of hydrogen-bond acceptors (Lipinski definition) is 3. The monoisotopic (exact) mass is 342 g/mol. The van der Waals surface area contributed by atoms with Gasteiger partial charge in [0.15, 0.2) is 0 Å². The SMILES string of the molecule is CCCC(C(=O)NC(CC(C)C)C(=O)O)n1cc(Cl)ccc1=O. The fourth-order valence-electron chi connectivity index (χ4n) is 2.35. The van der Waals surface area contributed by atoms with Crippen molar-refractivity contribution >= 4 is 23.5 Å². The highest BCUT2D eigenvalue weighted by Gasteiger charge is 2.27. The Balaban J connectivity index is 3.04. The fraction of sp³-hybridized carbons (Fsp3) is 0.562. The van der Waals surface area contributed by atoms with Crippen LogP contribution in [-0.4, -0.2) is 27.6 Å². The molecule has 0 aliphatic heterocycles. The lowest BCUT2D eigenvalue weighted by Gasteiger charge is -2.22. The molecular formula is C16H23ClN2O4. The van der Waals surface area contributed by atoms with E-state index in [-0.39, 0.29) is 11.5 Å². The van der Waals surface area contributed by atoms with Gasteiger partial charge in [0.05, 0.1) is 5.02 Å². The van der Waals surface area contributed by atoms with E-state index in [1.807, 2.05) is 20.8 Å². The molecule has 0 saturated heterocycles. The molecule has 0 fully saturated rings. The predicted octanol–water partition coefficient (Wildman–Crippen LogP) is 2.46. The van der Waals surface area contributed by atoms with Crippen molar-refractivity contribution in [1.29, 1.82) is 0 Å². The molecule has 1 amide bonds. The van der Waals surface area contributed by atoms with Crippen molar-refractivity contribution in [2.75, 3.05) is 0 Å². The number of rotatable bonds is 8. The molecule has 1 aromatic rings. The van der Waals surface area contributed by atoms with E-state index in [4.69, 9.17) is 11.6 Å². The van der Waals surface area contributed by atoms with Crippen molar-refractivity contribution in [2.45, 2.75) is 52.1 Å². The first-order valence-corrected chi connectivity index (χ1v) is 8.04. The number of halogens is 1. The first kappa shape index (κ1) is 19.2. The summed E-state index contributed by atoms with van der Waals surface area (Å²) in [4.78, 5) is 35.8. The Labute approximate surface area is 140 Å². The zero-order valence-corrected chi connectivity index (χ0v) is 14.3. The van der Waals surface area contributed by atoms with Gasteiger partial charge in [-0.15, -0.1) is 0 Å². The summed E-state index contributed by atoms with van der Waals surface area (Å²) in [6.07, 6.45) is 2.81. The largest absolute Gasteiger partial charge is 0.480 e. The molecule has 0 radical (unpaired) electrons. The number of amides is 1. The summed E-state index contributed by atoms with van der Waals surface area (Å²) in [6.45, 7) is 5.65. The summed E-state index contributed by atoms with van der Waals surface area (Å²) in [5, 5.41) is 12.1. The van der Waals surface area contributed by atoms with Gasteiger partial charge in [-0.05, 0) is 24.8 Å². The van der Waals surface area contributed by atoms with Gasteiger partial charge in [-0.1, -0.05) is 38.8 Å². The molecule has 0 bridgehead atoms. The van der Waals surface area contributed by atoms with Crippen LogP contribution in [0.1, 0.15) is 46.1 Å². The van der Waals surface area contributed by atoms with Crippen molar-refractivity contribution in [3.63, 3.8) is 0 Å². The third-order valence-electron chi connectivity index (χ3n) is 3.42. The Kier molecular flexibility index (Phi) is 7.29. The van der Waals surface area contributed by atoms with E-state index in [9.17, 15) is 19.5 Å². The lowest BCUT2D eigenvalue weighted by atomic mass is 10.0. The zero-order valence-electron chi connectivity index (χ0n) is 13.6. The lowest BCUT2D eigenvalue weighted by molar-refractivity contribution is -0.142. The van der Waals surface area contributed by atoms with E-state index in [2.05, 4.69) is 5.32 Å². The van der Waals surface area contributed by atoms with E-state index >= 15 is 0 Å². The number of pyridine rings is 1. The van der Waals surface area contributed by atoms with E-state index in [1.165, 1.54) is 22.9 Å². The van der Waals surface area contributed by atoms with Gasteiger partial charge in [0.25, 0.3) is 5.56 Å². The van der Waals surface area contributed by atoms with Crippen molar-refractivity contribution in [3.05, 3.63) is 33.7 Å². The lowest BCUT2D eigenvalue weighted by Crippen LogP contribution is -2.46. The summed E-state index contributed by atoms with van der Waals surface area (Å²) in [6, 6.07) is 0.998. The summed E-state index contributed by atoms with van der Waals surface area (Å²) in [7, 11) is 0. The van der Waals surface area contributed by atoms with Gasteiger partial charge in [0.2, 0.25) is 5.91 Å². The number of carbonyl (C=O) groups excluding carboxylic acids is 1. The minimum Gasteiger partial charge on any atom is -0.480 e. The maximum Gasteiger partial charge on any atom is 0.326 e. The van der Waals surface area contributed by atoms with Crippen molar-refractivity contribution in [1.82, 2.24) is 9.88 Å². The number of nitrogens with one attached hydrogen (secondary N) is 1. The van der Waals surface area contributed by atoms with Crippen molar-refractivity contribution < 1.29 is 14.7 Å². The normalized spacial score (nSPS) is 13.6. The van der Waals surface area contributed by atoms with Gasteiger partial charge < -0.3 is 15.0 Å². The molecule has 0 saturated carbocycles. The first-order chi connectivity index (χ1) is 10.8. The number of aliphatic carboxylic acids is 1. The zero-order chi connectivity index (χ0) is 17.6. The second-order valence-electron chi connectivity index (χ2n) is 5.93. The second kappa shape index (κ2) is 8.72. The average Bonchev–Trinajstić information content (AvgIpc) is 2.46. The second-order valence-corrected chi connectivity index (χ2v) is 6.36. The number of hydrogen-bond donors (Lipinski definition) is 2. The minimum absolute atomic E-state index is 0.120. The first-order valence-electron chi connectivity index (χ1n) is 7.67.